The topological polar surface area (TPSA) is 141 Å². The zero-order chi connectivity index (χ0) is 24.9. The average Bonchev–Trinajstić information content (AvgIpc) is 3.21. The molecular formula is C21H22N4O7S2. The van der Waals surface area contributed by atoms with Crippen LogP contribution in [0.2, 0.25) is 0 Å². The molecule has 0 saturated heterocycles. The highest BCUT2D eigenvalue weighted by molar-refractivity contribution is 7.92. The lowest BCUT2D eigenvalue weighted by Gasteiger charge is -2.15. The monoisotopic (exact) mass is 506 g/mol. The number of carbonyl (C=O) groups excluding carboxylic acids is 1. The summed E-state index contributed by atoms with van der Waals surface area (Å²) < 4.78 is 47.9. The minimum atomic E-state index is -3.86. The zero-order valence-electron chi connectivity index (χ0n) is 18.7. The van der Waals surface area contributed by atoms with Crippen molar-refractivity contribution in [2.24, 2.45) is 0 Å². The van der Waals surface area contributed by atoms with E-state index in [1.165, 1.54) is 63.8 Å². The molecule has 180 valence electrons. The number of ether oxygens (including phenoxy) is 3. The second-order valence-corrected chi connectivity index (χ2v) is 8.87. The van der Waals surface area contributed by atoms with Crippen LogP contribution < -0.4 is 29.6 Å². The Morgan fingerprint density at radius 2 is 1.62 bits per heavy atom. The number of hydrogen-bond acceptors (Lipinski definition) is 9. The fourth-order valence-electron chi connectivity index (χ4n) is 2.88. The van der Waals surface area contributed by atoms with Gasteiger partial charge < -0.3 is 24.1 Å². The van der Waals surface area contributed by atoms with Crippen molar-refractivity contribution >= 4 is 44.8 Å². The van der Waals surface area contributed by atoms with Crippen LogP contribution in [0.25, 0.3) is 0 Å². The smallest absolute Gasteiger partial charge is 0.263 e. The standard InChI is InChI=1S/C21H22N4O7S2/c1-12-9-18(24-32-12)25-34(27,28)15-7-5-14(6-8-15)22-21(33)23-20(26)13-10-16(29-2)19(31-4)17(11-13)30-3/h5-11H,1-4H3,(H,24,25)(H2,22,23,26,33). The molecule has 34 heavy (non-hydrogen) atoms. The van der Waals surface area contributed by atoms with Crippen molar-refractivity contribution in [3.8, 4) is 17.2 Å². The Bertz CT molecular complexity index is 1280. The van der Waals surface area contributed by atoms with Gasteiger partial charge in [-0.15, -0.1) is 0 Å². The maximum absolute atomic E-state index is 12.7. The number of aromatic nitrogens is 1. The molecule has 0 atom stereocenters. The summed E-state index contributed by atoms with van der Waals surface area (Å²) in [4.78, 5) is 12.7. The van der Waals surface area contributed by atoms with Gasteiger partial charge in [0.2, 0.25) is 5.75 Å². The number of thiocarbonyl (C=S) groups is 1. The number of amides is 1. The first kappa shape index (κ1) is 24.8. The van der Waals surface area contributed by atoms with Gasteiger partial charge in [0.25, 0.3) is 15.9 Å². The lowest BCUT2D eigenvalue weighted by atomic mass is 10.1. The van der Waals surface area contributed by atoms with Gasteiger partial charge in [0, 0.05) is 17.3 Å². The van der Waals surface area contributed by atoms with Crippen molar-refractivity contribution in [1.82, 2.24) is 10.5 Å². The van der Waals surface area contributed by atoms with Crippen LogP contribution in [0.1, 0.15) is 16.1 Å². The number of aryl methyl sites for hydroxylation is 1. The summed E-state index contributed by atoms with van der Waals surface area (Å²) in [6.45, 7) is 1.65. The number of anilines is 2. The van der Waals surface area contributed by atoms with E-state index in [-0.39, 0.29) is 21.4 Å². The van der Waals surface area contributed by atoms with E-state index in [0.717, 1.165) is 0 Å². The molecule has 1 amide bonds. The first-order valence-electron chi connectivity index (χ1n) is 9.65. The highest BCUT2D eigenvalue weighted by Crippen LogP contribution is 2.38. The van der Waals surface area contributed by atoms with Gasteiger partial charge in [0.05, 0.1) is 26.2 Å². The van der Waals surface area contributed by atoms with Gasteiger partial charge in [-0.3, -0.25) is 14.8 Å². The van der Waals surface area contributed by atoms with Crippen molar-refractivity contribution in [2.45, 2.75) is 11.8 Å². The summed E-state index contributed by atoms with van der Waals surface area (Å²) in [5.74, 6) is 1.03. The SMILES string of the molecule is COc1cc(C(=O)NC(=S)Nc2ccc(S(=O)(=O)Nc3cc(C)on3)cc2)cc(OC)c1OC. The fourth-order valence-corrected chi connectivity index (χ4v) is 4.07. The van der Waals surface area contributed by atoms with Crippen LogP contribution in [0.3, 0.4) is 0 Å². The number of nitrogens with zero attached hydrogens (tertiary/aromatic N) is 1. The summed E-state index contributed by atoms with van der Waals surface area (Å²) in [7, 11) is 0.487. The predicted octanol–water partition coefficient (Wildman–Crippen LogP) is 2.94. The van der Waals surface area contributed by atoms with Gasteiger partial charge in [0.15, 0.2) is 22.4 Å². The number of rotatable bonds is 8. The zero-order valence-corrected chi connectivity index (χ0v) is 20.3. The van der Waals surface area contributed by atoms with Gasteiger partial charge in [0.1, 0.15) is 5.76 Å². The lowest BCUT2D eigenvalue weighted by Crippen LogP contribution is -2.34. The van der Waals surface area contributed by atoms with Crippen LogP contribution in [0.15, 0.2) is 51.9 Å². The molecule has 0 aliphatic heterocycles. The van der Waals surface area contributed by atoms with Crippen LogP contribution in [0.4, 0.5) is 11.5 Å². The van der Waals surface area contributed by atoms with E-state index in [2.05, 4.69) is 20.5 Å². The number of benzene rings is 2. The fraction of sp³-hybridized carbons (Fsp3) is 0.190. The maximum atomic E-state index is 12.7. The second kappa shape index (κ2) is 10.4. The summed E-state index contributed by atoms with van der Waals surface area (Å²) >= 11 is 5.20. The van der Waals surface area contributed by atoms with E-state index in [9.17, 15) is 13.2 Å². The van der Waals surface area contributed by atoms with Crippen LogP contribution >= 0.6 is 12.2 Å². The van der Waals surface area contributed by atoms with Gasteiger partial charge in [-0.25, -0.2) is 8.42 Å². The van der Waals surface area contributed by atoms with Gasteiger partial charge in [-0.2, -0.15) is 0 Å². The van der Waals surface area contributed by atoms with E-state index >= 15 is 0 Å². The third-order valence-electron chi connectivity index (χ3n) is 4.44. The van der Waals surface area contributed by atoms with Crippen molar-refractivity contribution in [3.05, 3.63) is 53.8 Å². The largest absolute Gasteiger partial charge is 0.493 e. The molecule has 3 N–H and O–H groups in total. The van der Waals surface area contributed by atoms with Crippen molar-refractivity contribution in [2.75, 3.05) is 31.4 Å². The first-order chi connectivity index (χ1) is 16.2. The molecule has 0 unspecified atom stereocenters. The Labute approximate surface area is 201 Å². The van der Waals surface area contributed by atoms with Crippen LogP contribution in [-0.2, 0) is 10.0 Å². The Morgan fingerprint density at radius 1 is 1.00 bits per heavy atom. The van der Waals surface area contributed by atoms with Crippen molar-refractivity contribution in [3.63, 3.8) is 0 Å². The van der Waals surface area contributed by atoms with Crippen molar-refractivity contribution < 1.29 is 31.9 Å². The van der Waals surface area contributed by atoms with Crippen molar-refractivity contribution in [1.29, 1.82) is 0 Å². The molecule has 0 aliphatic rings. The lowest BCUT2D eigenvalue weighted by molar-refractivity contribution is 0.0977. The summed E-state index contributed by atoms with van der Waals surface area (Å²) in [5, 5.41) is 8.98. The molecule has 1 aromatic heterocycles. The Balaban J connectivity index is 1.66. The molecule has 0 bridgehead atoms. The molecule has 3 rings (SSSR count). The molecule has 0 fully saturated rings. The van der Waals surface area contributed by atoms with E-state index in [4.69, 9.17) is 31.0 Å². The molecule has 0 aliphatic carbocycles. The summed E-state index contributed by atoms with van der Waals surface area (Å²) in [6, 6.07) is 10.2. The third-order valence-corrected chi connectivity index (χ3v) is 6.02. The summed E-state index contributed by atoms with van der Waals surface area (Å²) in [6.07, 6.45) is 0. The molecule has 13 heteroatoms. The number of hydrogen-bond donors (Lipinski definition) is 3. The van der Waals surface area contributed by atoms with E-state index in [0.29, 0.717) is 28.7 Å². The summed E-state index contributed by atoms with van der Waals surface area (Å²) in [5.41, 5.74) is 0.695. The van der Waals surface area contributed by atoms with Crippen LogP contribution in [0.5, 0.6) is 17.2 Å². The molecule has 3 aromatic rings. The average molecular weight is 507 g/mol. The Hall–Kier alpha value is -3.84. The number of carbonyl (C=O) groups is 1. The number of nitrogens with one attached hydrogen (secondary N) is 3. The van der Waals surface area contributed by atoms with E-state index in [1.807, 2.05) is 0 Å². The second-order valence-electron chi connectivity index (χ2n) is 6.77. The highest BCUT2D eigenvalue weighted by Gasteiger charge is 2.19. The number of methoxy groups -OCH3 is 3. The first-order valence-corrected chi connectivity index (χ1v) is 11.5. The number of sulfonamides is 1. The van der Waals surface area contributed by atoms with Crippen LogP contribution in [0, 0.1) is 6.92 Å². The molecule has 0 radical (unpaired) electrons. The van der Waals surface area contributed by atoms with E-state index < -0.39 is 15.9 Å². The highest BCUT2D eigenvalue weighted by atomic mass is 32.2. The molecule has 2 aromatic carbocycles. The molecular weight excluding hydrogens is 484 g/mol. The van der Waals surface area contributed by atoms with E-state index in [1.54, 1.807) is 6.92 Å². The Kier molecular flexibility index (Phi) is 7.58. The molecule has 0 saturated carbocycles. The van der Waals surface area contributed by atoms with Gasteiger partial charge >= 0.3 is 0 Å². The maximum Gasteiger partial charge on any atom is 0.263 e. The van der Waals surface area contributed by atoms with Gasteiger partial charge in [-0.05, 0) is 55.5 Å². The minimum Gasteiger partial charge on any atom is -0.493 e. The molecule has 0 spiro atoms. The Morgan fingerprint density at radius 3 is 2.12 bits per heavy atom. The van der Waals surface area contributed by atoms with Gasteiger partial charge in [-0.1, -0.05) is 5.16 Å². The minimum absolute atomic E-state index is 0.00514. The molecule has 11 nitrogen and oxygen atoms in total. The predicted molar refractivity (Wildman–Crippen MR) is 128 cm³/mol. The molecule has 1 heterocycles. The quantitative estimate of drug-likeness (QED) is 0.391. The third kappa shape index (κ3) is 5.74. The normalized spacial score (nSPS) is 10.8. The van der Waals surface area contributed by atoms with Crippen LogP contribution in [-0.4, -0.2) is 45.9 Å².